The molecule has 0 radical (unpaired) electrons. The van der Waals surface area contributed by atoms with Crippen molar-refractivity contribution in [1.29, 1.82) is 0 Å². The second kappa shape index (κ2) is 4.30. The Morgan fingerprint density at radius 3 is 1.44 bits per heavy atom. The normalized spacial score (nSPS) is 8.00. The number of para-hydroxylation sites is 2. The fourth-order valence-corrected chi connectivity index (χ4v) is 0.511. The molecule has 0 spiro atoms. The fraction of sp³-hybridized carbons (Fsp3) is 0. The molecule has 9 heavy (non-hydrogen) atoms. The first-order valence-electron chi connectivity index (χ1n) is 2.40. The number of hydrogen-bond donors (Lipinski definition) is 2. The van der Waals surface area contributed by atoms with Crippen LogP contribution in [0.1, 0.15) is 0 Å². The van der Waals surface area contributed by atoms with Crippen molar-refractivity contribution in [2.45, 2.75) is 0 Å². The van der Waals surface area contributed by atoms with E-state index < -0.39 is 0 Å². The summed E-state index contributed by atoms with van der Waals surface area (Å²) < 4.78 is 0. The third-order valence-electron chi connectivity index (χ3n) is 0.996. The van der Waals surface area contributed by atoms with Gasteiger partial charge in [-0.2, -0.15) is 0 Å². The van der Waals surface area contributed by atoms with Crippen LogP contribution in [-0.4, -0.2) is 51.4 Å². The van der Waals surface area contributed by atoms with Crippen LogP contribution < -0.4 is 11.5 Å². The number of anilines is 2. The van der Waals surface area contributed by atoms with Crippen molar-refractivity contribution in [3.63, 3.8) is 0 Å². The van der Waals surface area contributed by atoms with E-state index in [0.29, 0.717) is 11.4 Å². The Hall–Kier alpha value is 0.456. The zero-order valence-electron chi connectivity index (χ0n) is 4.46. The minimum atomic E-state index is 0. The van der Waals surface area contributed by atoms with Crippen molar-refractivity contribution < 1.29 is 0 Å². The summed E-state index contributed by atoms with van der Waals surface area (Å²) >= 11 is 0. The standard InChI is InChI=1S/C6H8N2.K.H/c7-5-3-1-2-4-6(5)8;;/h1-4H,7-8H2;;. The molecule has 2 nitrogen and oxygen atoms in total. The maximum absolute atomic E-state index is 5.39. The molecule has 3 heteroatoms. The summed E-state index contributed by atoms with van der Waals surface area (Å²) in [5.41, 5.74) is 12.1. The number of nitrogen functional groups attached to an aromatic ring is 2. The summed E-state index contributed by atoms with van der Waals surface area (Å²) in [5, 5.41) is 0. The van der Waals surface area contributed by atoms with Gasteiger partial charge >= 0.3 is 51.4 Å². The van der Waals surface area contributed by atoms with Gasteiger partial charge in [0.1, 0.15) is 0 Å². The van der Waals surface area contributed by atoms with Crippen LogP contribution in [0.5, 0.6) is 0 Å². The fourth-order valence-electron chi connectivity index (χ4n) is 0.511. The maximum atomic E-state index is 5.39. The Kier molecular flexibility index (Phi) is 4.52. The molecule has 0 aliphatic carbocycles. The first-order valence-corrected chi connectivity index (χ1v) is 2.40. The predicted molar refractivity (Wildman–Crippen MR) is 42.4 cm³/mol. The Bertz CT molecular complexity index is 167. The van der Waals surface area contributed by atoms with Crippen LogP contribution in [-0.2, 0) is 0 Å². The van der Waals surface area contributed by atoms with Gasteiger partial charge in [0.25, 0.3) is 0 Å². The van der Waals surface area contributed by atoms with E-state index in [9.17, 15) is 0 Å². The minimum absolute atomic E-state index is 0. The van der Waals surface area contributed by atoms with E-state index in [1.54, 1.807) is 12.1 Å². The van der Waals surface area contributed by atoms with Gasteiger partial charge in [-0.05, 0) is 12.1 Å². The monoisotopic (exact) mass is 148 g/mol. The van der Waals surface area contributed by atoms with E-state index in [1.807, 2.05) is 12.1 Å². The van der Waals surface area contributed by atoms with Crippen molar-refractivity contribution in [2.24, 2.45) is 0 Å². The first kappa shape index (κ1) is 9.46. The van der Waals surface area contributed by atoms with Crippen LogP contribution in [0.3, 0.4) is 0 Å². The molecule has 0 fully saturated rings. The molecule has 0 unspecified atom stereocenters. The molecule has 1 rings (SSSR count). The average Bonchev–Trinajstić information content (AvgIpc) is 1.77. The summed E-state index contributed by atoms with van der Waals surface area (Å²) in [7, 11) is 0. The summed E-state index contributed by atoms with van der Waals surface area (Å²) in [6, 6.07) is 7.25. The van der Waals surface area contributed by atoms with Gasteiger partial charge in [-0.25, -0.2) is 0 Å². The summed E-state index contributed by atoms with van der Waals surface area (Å²) in [6.07, 6.45) is 0. The van der Waals surface area contributed by atoms with E-state index in [0.717, 1.165) is 0 Å². The van der Waals surface area contributed by atoms with Gasteiger partial charge in [-0.15, -0.1) is 0 Å². The zero-order chi connectivity index (χ0) is 5.98. The number of rotatable bonds is 0. The van der Waals surface area contributed by atoms with E-state index in [4.69, 9.17) is 11.5 Å². The Morgan fingerprint density at radius 1 is 0.889 bits per heavy atom. The van der Waals surface area contributed by atoms with Crippen LogP contribution in [0.25, 0.3) is 0 Å². The zero-order valence-corrected chi connectivity index (χ0v) is 4.46. The van der Waals surface area contributed by atoms with Gasteiger partial charge in [-0.3, -0.25) is 0 Å². The van der Waals surface area contributed by atoms with E-state index in [2.05, 4.69) is 0 Å². The topological polar surface area (TPSA) is 52.0 Å². The van der Waals surface area contributed by atoms with Crippen LogP contribution in [0.2, 0.25) is 0 Å². The molecule has 0 aromatic heterocycles. The Labute approximate surface area is 97.0 Å². The molecule has 1 aromatic carbocycles. The van der Waals surface area contributed by atoms with E-state index >= 15 is 0 Å². The molecule has 4 N–H and O–H groups in total. The molecule has 0 saturated carbocycles. The molecule has 44 valence electrons. The van der Waals surface area contributed by atoms with Gasteiger partial charge in [0.05, 0.1) is 11.4 Å². The van der Waals surface area contributed by atoms with Gasteiger partial charge in [0.2, 0.25) is 0 Å². The third kappa shape index (κ3) is 2.69. The summed E-state index contributed by atoms with van der Waals surface area (Å²) in [6.45, 7) is 0. The quantitative estimate of drug-likeness (QED) is 0.408. The third-order valence-corrected chi connectivity index (χ3v) is 0.996. The summed E-state index contributed by atoms with van der Waals surface area (Å²) in [5.74, 6) is 0. The van der Waals surface area contributed by atoms with Crippen LogP contribution in [0.15, 0.2) is 24.3 Å². The average molecular weight is 148 g/mol. The van der Waals surface area contributed by atoms with Gasteiger partial charge < -0.3 is 11.5 Å². The van der Waals surface area contributed by atoms with Crippen molar-refractivity contribution in [2.75, 3.05) is 11.5 Å². The molecule has 0 amide bonds. The first-order chi connectivity index (χ1) is 3.80. The molecule has 0 atom stereocenters. The molecular weight excluding hydrogens is 139 g/mol. The molecule has 0 saturated heterocycles. The second-order valence-electron chi connectivity index (χ2n) is 1.63. The van der Waals surface area contributed by atoms with Crippen molar-refractivity contribution in [1.82, 2.24) is 0 Å². The van der Waals surface area contributed by atoms with Crippen molar-refractivity contribution >= 4 is 62.8 Å². The van der Waals surface area contributed by atoms with E-state index in [-0.39, 0.29) is 51.4 Å². The van der Waals surface area contributed by atoms with Gasteiger partial charge in [0.15, 0.2) is 0 Å². The molecule has 0 bridgehead atoms. The molecule has 0 heterocycles. The molecule has 0 aliphatic rings. The van der Waals surface area contributed by atoms with Crippen molar-refractivity contribution in [3.8, 4) is 0 Å². The number of hydrogen-bond acceptors (Lipinski definition) is 2. The molecule has 1 aromatic rings. The Morgan fingerprint density at radius 2 is 1.22 bits per heavy atom. The van der Waals surface area contributed by atoms with Gasteiger partial charge in [0, 0.05) is 0 Å². The van der Waals surface area contributed by atoms with E-state index in [1.165, 1.54) is 0 Å². The second-order valence-corrected chi connectivity index (χ2v) is 1.63. The molecular formula is C6H9KN2. The van der Waals surface area contributed by atoms with Gasteiger partial charge in [-0.1, -0.05) is 12.1 Å². The van der Waals surface area contributed by atoms with Crippen molar-refractivity contribution in [3.05, 3.63) is 24.3 Å². The predicted octanol–water partition coefficient (Wildman–Crippen LogP) is 0.203. The van der Waals surface area contributed by atoms with Crippen LogP contribution in [0.4, 0.5) is 11.4 Å². The van der Waals surface area contributed by atoms with Crippen LogP contribution >= 0.6 is 0 Å². The molecule has 0 aliphatic heterocycles. The SMILES string of the molecule is Nc1ccccc1N.[KH]. The van der Waals surface area contributed by atoms with Crippen LogP contribution in [0, 0.1) is 0 Å². The Balaban J connectivity index is 0.000000640. The summed E-state index contributed by atoms with van der Waals surface area (Å²) in [4.78, 5) is 0. The number of benzene rings is 1. The number of nitrogens with two attached hydrogens (primary N) is 2.